The zero-order valence-corrected chi connectivity index (χ0v) is 19.6. The zero-order valence-electron chi connectivity index (χ0n) is 18.1. The number of aryl methyl sites for hydroxylation is 2. The van der Waals surface area contributed by atoms with Crippen LogP contribution in [0.1, 0.15) is 38.6 Å². The van der Waals surface area contributed by atoms with Crippen molar-refractivity contribution in [2.75, 3.05) is 5.32 Å². The average molecular weight is 468 g/mol. The molecule has 32 heavy (non-hydrogen) atoms. The lowest BCUT2D eigenvalue weighted by atomic mass is 10.1. The van der Waals surface area contributed by atoms with Crippen LogP contribution in [-0.2, 0) is 13.1 Å². The third kappa shape index (κ3) is 4.87. The maximum atomic E-state index is 12.8. The summed E-state index contributed by atoms with van der Waals surface area (Å²) in [7, 11) is 0. The smallest absolute Gasteiger partial charge is 0.256 e. The highest BCUT2D eigenvalue weighted by atomic mass is 35.5. The van der Waals surface area contributed by atoms with Crippen molar-refractivity contribution in [2.45, 2.75) is 33.9 Å². The van der Waals surface area contributed by atoms with Gasteiger partial charge in [0, 0.05) is 22.3 Å². The number of anilines is 1. The molecule has 4 rings (SSSR count). The number of rotatable bonds is 6. The molecule has 0 saturated carbocycles. The molecular formula is C24H23Cl2N5O. The van der Waals surface area contributed by atoms with Crippen LogP contribution < -0.4 is 5.32 Å². The molecule has 1 N–H and O–H groups in total. The van der Waals surface area contributed by atoms with E-state index >= 15 is 0 Å². The van der Waals surface area contributed by atoms with E-state index in [1.54, 1.807) is 6.07 Å². The fourth-order valence-corrected chi connectivity index (χ4v) is 3.89. The third-order valence-corrected chi connectivity index (χ3v) is 6.04. The van der Waals surface area contributed by atoms with Gasteiger partial charge in [0.2, 0.25) is 0 Å². The summed E-state index contributed by atoms with van der Waals surface area (Å²) in [4.78, 5) is 12.8. The van der Waals surface area contributed by atoms with Crippen molar-refractivity contribution in [3.8, 4) is 0 Å². The van der Waals surface area contributed by atoms with Gasteiger partial charge in [0.1, 0.15) is 0 Å². The summed E-state index contributed by atoms with van der Waals surface area (Å²) in [6.07, 6.45) is 0. The van der Waals surface area contributed by atoms with Gasteiger partial charge in [-0.15, -0.1) is 0 Å². The van der Waals surface area contributed by atoms with E-state index in [9.17, 15) is 4.79 Å². The number of nitrogens with one attached hydrogen (secondary N) is 1. The first-order valence-corrected chi connectivity index (χ1v) is 10.9. The van der Waals surface area contributed by atoms with Gasteiger partial charge in [-0.1, -0.05) is 47.5 Å². The van der Waals surface area contributed by atoms with E-state index in [0.717, 1.165) is 28.2 Å². The maximum Gasteiger partial charge on any atom is 0.256 e. The Hall–Kier alpha value is -3.09. The molecule has 8 heteroatoms. The van der Waals surface area contributed by atoms with Crippen molar-refractivity contribution in [1.29, 1.82) is 0 Å². The molecule has 2 heterocycles. The van der Waals surface area contributed by atoms with E-state index in [2.05, 4.69) is 15.5 Å². The highest BCUT2D eigenvalue weighted by molar-refractivity contribution is 6.31. The molecule has 0 aliphatic carbocycles. The van der Waals surface area contributed by atoms with Crippen LogP contribution >= 0.6 is 23.2 Å². The SMILES string of the molecule is Cc1nn(Cc2cccc(C(=O)Nc3cc(C)n(Cc4cccc(Cl)c4)n3)c2)c(C)c1Cl. The van der Waals surface area contributed by atoms with E-state index in [4.69, 9.17) is 23.2 Å². The second kappa shape index (κ2) is 9.18. The van der Waals surface area contributed by atoms with Gasteiger partial charge in [-0.25, -0.2) is 0 Å². The van der Waals surface area contributed by atoms with Crippen molar-refractivity contribution in [3.05, 3.63) is 98.4 Å². The van der Waals surface area contributed by atoms with Crippen LogP contribution in [0.4, 0.5) is 5.82 Å². The molecule has 6 nitrogen and oxygen atoms in total. The third-order valence-electron chi connectivity index (χ3n) is 5.26. The second-order valence-corrected chi connectivity index (χ2v) is 8.57. The minimum atomic E-state index is -0.217. The van der Waals surface area contributed by atoms with E-state index < -0.39 is 0 Å². The van der Waals surface area contributed by atoms with Gasteiger partial charge >= 0.3 is 0 Å². The Morgan fingerprint density at radius 2 is 1.59 bits per heavy atom. The van der Waals surface area contributed by atoms with Crippen molar-refractivity contribution >= 4 is 34.9 Å². The largest absolute Gasteiger partial charge is 0.305 e. The van der Waals surface area contributed by atoms with E-state index in [-0.39, 0.29) is 5.91 Å². The molecule has 164 valence electrons. The predicted octanol–water partition coefficient (Wildman–Crippen LogP) is 5.66. The number of carbonyl (C=O) groups is 1. The van der Waals surface area contributed by atoms with Gasteiger partial charge in [-0.3, -0.25) is 14.2 Å². The highest BCUT2D eigenvalue weighted by Gasteiger charge is 2.13. The number of amides is 1. The van der Waals surface area contributed by atoms with Gasteiger partial charge in [0.25, 0.3) is 5.91 Å². The maximum absolute atomic E-state index is 12.8. The molecule has 2 aromatic heterocycles. The van der Waals surface area contributed by atoms with Gasteiger partial charge in [0.15, 0.2) is 5.82 Å². The van der Waals surface area contributed by atoms with Crippen LogP contribution in [-0.4, -0.2) is 25.5 Å². The number of hydrogen-bond donors (Lipinski definition) is 1. The average Bonchev–Trinajstić information content (AvgIpc) is 3.21. The number of hydrogen-bond acceptors (Lipinski definition) is 3. The van der Waals surface area contributed by atoms with E-state index in [1.165, 1.54) is 0 Å². The molecule has 1 amide bonds. The number of benzene rings is 2. The molecule has 0 aliphatic rings. The lowest BCUT2D eigenvalue weighted by Crippen LogP contribution is -2.14. The first kappa shape index (κ1) is 22.1. The predicted molar refractivity (Wildman–Crippen MR) is 128 cm³/mol. The lowest BCUT2D eigenvalue weighted by molar-refractivity contribution is 0.102. The fourth-order valence-electron chi connectivity index (χ4n) is 3.54. The van der Waals surface area contributed by atoms with Crippen LogP contribution in [0.25, 0.3) is 0 Å². The standard InChI is InChI=1S/C24H23Cl2N5O/c1-15-10-22(29-30(15)13-19-7-5-9-21(25)12-19)27-24(32)20-8-4-6-18(11-20)14-31-17(3)23(26)16(2)28-31/h4-12H,13-14H2,1-3H3,(H,27,29,32). The van der Waals surface area contributed by atoms with E-state index in [1.807, 2.05) is 78.7 Å². The van der Waals surface area contributed by atoms with Gasteiger partial charge in [-0.2, -0.15) is 10.2 Å². The second-order valence-electron chi connectivity index (χ2n) is 7.76. The van der Waals surface area contributed by atoms with Crippen LogP contribution in [0.3, 0.4) is 0 Å². The monoisotopic (exact) mass is 467 g/mol. The summed E-state index contributed by atoms with van der Waals surface area (Å²) in [5, 5.41) is 13.2. The normalized spacial score (nSPS) is 11.0. The molecule has 0 spiro atoms. The summed E-state index contributed by atoms with van der Waals surface area (Å²) in [6.45, 7) is 6.87. The number of aromatic nitrogens is 4. The molecule has 0 atom stereocenters. The van der Waals surface area contributed by atoms with Gasteiger partial charge < -0.3 is 5.32 Å². The fraction of sp³-hybridized carbons (Fsp3) is 0.208. The minimum Gasteiger partial charge on any atom is -0.305 e. The number of halogens is 2. The molecule has 4 aromatic rings. The molecule has 0 bridgehead atoms. The Balaban J connectivity index is 1.47. The Kier molecular flexibility index (Phi) is 6.35. The quantitative estimate of drug-likeness (QED) is 0.397. The van der Waals surface area contributed by atoms with Crippen LogP contribution in [0.5, 0.6) is 0 Å². The van der Waals surface area contributed by atoms with E-state index in [0.29, 0.717) is 34.5 Å². The van der Waals surface area contributed by atoms with Gasteiger partial charge in [-0.05, 0) is 56.2 Å². The van der Waals surface area contributed by atoms with Crippen molar-refractivity contribution in [3.63, 3.8) is 0 Å². The topological polar surface area (TPSA) is 64.7 Å². The minimum absolute atomic E-state index is 0.217. The van der Waals surface area contributed by atoms with Crippen molar-refractivity contribution < 1.29 is 4.79 Å². The Labute approximate surface area is 196 Å². The first-order valence-electron chi connectivity index (χ1n) is 10.2. The molecule has 0 fully saturated rings. The molecular weight excluding hydrogens is 445 g/mol. The molecule has 0 saturated heterocycles. The summed E-state index contributed by atoms with van der Waals surface area (Å²) in [6, 6.07) is 17.0. The summed E-state index contributed by atoms with van der Waals surface area (Å²) >= 11 is 12.3. The van der Waals surface area contributed by atoms with Gasteiger partial charge in [0.05, 0.1) is 29.5 Å². The molecule has 2 aromatic carbocycles. The zero-order chi connectivity index (χ0) is 22.8. The summed E-state index contributed by atoms with van der Waals surface area (Å²) in [5.41, 5.74) is 5.19. The molecule has 0 aliphatic heterocycles. The Bertz CT molecular complexity index is 1290. The highest BCUT2D eigenvalue weighted by Crippen LogP contribution is 2.20. The Morgan fingerprint density at radius 1 is 0.906 bits per heavy atom. The van der Waals surface area contributed by atoms with Crippen LogP contribution in [0.15, 0.2) is 54.6 Å². The van der Waals surface area contributed by atoms with Crippen molar-refractivity contribution in [1.82, 2.24) is 19.6 Å². The summed E-state index contributed by atoms with van der Waals surface area (Å²) in [5.74, 6) is 0.288. The van der Waals surface area contributed by atoms with Crippen LogP contribution in [0, 0.1) is 20.8 Å². The van der Waals surface area contributed by atoms with Crippen molar-refractivity contribution in [2.24, 2.45) is 0 Å². The molecule has 0 radical (unpaired) electrons. The lowest BCUT2D eigenvalue weighted by Gasteiger charge is -2.08. The number of carbonyl (C=O) groups excluding carboxylic acids is 1. The Morgan fingerprint density at radius 3 is 2.28 bits per heavy atom. The number of nitrogens with zero attached hydrogens (tertiary/aromatic N) is 4. The van der Waals surface area contributed by atoms with Crippen LogP contribution in [0.2, 0.25) is 10.0 Å². The molecule has 0 unspecified atom stereocenters. The summed E-state index contributed by atoms with van der Waals surface area (Å²) < 4.78 is 3.68. The first-order chi connectivity index (χ1) is 15.3.